The highest BCUT2D eigenvalue weighted by atomic mass is 16.5. The first-order chi connectivity index (χ1) is 11.0. The first-order valence-corrected chi connectivity index (χ1v) is 7.39. The van der Waals surface area contributed by atoms with Crippen molar-refractivity contribution in [3.8, 4) is 5.75 Å². The summed E-state index contributed by atoms with van der Waals surface area (Å²) in [6.45, 7) is 4.36. The maximum atomic E-state index is 12.3. The van der Waals surface area contributed by atoms with Gasteiger partial charge in [0.2, 0.25) is 0 Å². The second kappa shape index (κ2) is 7.45. The van der Waals surface area contributed by atoms with Gasteiger partial charge in [0, 0.05) is 11.3 Å². The molecule has 0 saturated carbocycles. The Hall–Kier alpha value is -2.82. The molecule has 0 saturated heterocycles. The van der Waals surface area contributed by atoms with Crippen LogP contribution in [0.2, 0.25) is 0 Å². The van der Waals surface area contributed by atoms with Gasteiger partial charge in [-0.15, -0.1) is 0 Å². The van der Waals surface area contributed by atoms with Gasteiger partial charge >= 0.3 is 5.97 Å². The molecule has 2 aromatic rings. The number of hydrogen-bond donors (Lipinski definition) is 2. The number of amides is 1. The molecule has 2 aromatic carbocycles. The van der Waals surface area contributed by atoms with E-state index in [0.29, 0.717) is 29.2 Å². The Balaban J connectivity index is 2.14. The third kappa shape index (κ3) is 4.32. The summed E-state index contributed by atoms with van der Waals surface area (Å²) in [6.07, 6.45) is 0.894. The van der Waals surface area contributed by atoms with Crippen LogP contribution < -0.4 is 10.1 Å². The number of aryl methyl sites for hydroxylation is 1. The lowest BCUT2D eigenvalue weighted by Gasteiger charge is -2.10. The van der Waals surface area contributed by atoms with E-state index in [-0.39, 0.29) is 11.5 Å². The lowest BCUT2D eigenvalue weighted by atomic mass is 10.1. The van der Waals surface area contributed by atoms with Gasteiger partial charge in [-0.2, -0.15) is 0 Å². The van der Waals surface area contributed by atoms with Gasteiger partial charge in [0.05, 0.1) is 12.2 Å². The highest BCUT2D eigenvalue weighted by Crippen LogP contribution is 2.19. The second-order valence-electron chi connectivity index (χ2n) is 5.17. The standard InChI is InChI=1S/C18H19NO4/c1-3-9-23-15-6-4-5-13(11-15)17(20)19-16-8-7-14(18(21)22)10-12(16)2/h4-8,10-11H,3,9H2,1-2H3,(H,19,20)(H,21,22). The minimum absolute atomic E-state index is 0.190. The van der Waals surface area contributed by atoms with E-state index in [1.54, 1.807) is 37.3 Å². The molecule has 0 radical (unpaired) electrons. The van der Waals surface area contributed by atoms with Gasteiger partial charge in [-0.1, -0.05) is 13.0 Å². The molecule has 0 spiro atoms. The number of aromatic carboxylic acids is 1. The average Bonchev–Trinajstić information content (AvgIpc) is 2.54. The molecule has 0 fully saturated rings. The number of carbonyl (C=O) groups excluding carboxylic acids is 1. The maximum absolute atomic E-state index is 12.3. The predicted molar refractivity (Wildman–Crippen MR) is 88.3 cm³/mol. The zero-order valence-electron chi connectivity index (χ0n) is 13.1. The molecule has 0 atom stereocenters. The maximum Gasteiger partial charge on any atom is 0.335 e. The molecular formula is C18H19NO4. The number of carboxylic acids is 1. The normalized spacial score (nSPS) is 10.2. The van der Waals surface area contributed by atoms with Gasteiger partial charge < -0.3 is 15.2 Å². The summed E-state index contributed by atoms with van der Waals surface area (Å²) < 4.78 is 5.52. The monoisotopic (exact) mass is 313 g/mol. The Bertz CT molecular complexity index is 725. The van der Waals surface area contributed by atoms with E-state index in [0.717, 1.165) is 6.42 Å². The van der Waals surface area contributed by atoms with Crippen LogP contribution in [-0.2, 0) is 0 Å². The summed E-state index contributed by atoms with van der Waals surface area (Å²) >= 11 is 0. The number of nitrogens with one attached hydrogen (secondary N) is 1. The molecule has 2 N–H and O–H groups in total. The van der Waals surface area contributed by atoms with Crippen LogP contribution in [0.1, 0.15) is 39.6 Å². The van der Waals surface area contributed by atoms with Gasteiger partial charge in [-0.3, -0.25) is 4.79 Å². The third-order valence-electron chi connectivity index (χ3n) is 3.29. The molecule has 23 heavy (non-hydrogen) atoms. The number of rotatable bonds is 6. The predicted octanol–water partition coefficient (Wildman–Crippen LogP) is 3.73. The van der Waals surface area contributed by atoms with Crippen LogP contribution in [0, 0.1) is 6.92 Å². The Morgan fingerprint density at radius 3 is 2.57 bits per heavy atom. The van der Waals surface area contributed by atoms with Crippen LogP contribution in [0.5, 0.6) is 5.75 Å². The Kier molecular flexibility index (Phi) is 5.36. The molecule has 1 amide bonds. The highest BCUT2D eigenvalue weighted by molar-refractivity contribution is 6.05. The second-order valence-corrected chi connectivity index (χ2v) is 5.17. The van der Waals surface area contributed by atoms with Crippen molar-refractivity contribution in [3.05, 3.63) is 59.2 Å². The number of benzene rings is 2. The Morgan fingerprint density at radius 1 is 1.13 bits per heavy atom. The van der Waals surface area contributed by atoms with Crippen LogP contribution >= 0.6 is 0 Å². The minimum atomic E-state index is -0.994. The van der Waals surface area contributed by atoms with Crippen LogP contribution in [-0.4, -0.2) is 23.6 Å². The van der Waals surface area contributed by atoms with E-state index < -0.39 is 5.97 Å². The molecule has 0 aliphatic carbocycles. The van der Waals surface area contributed by atoms with Crippen molar-refractivity contribution in [3.63, 3.8) is 0 Å². The number of ether oxygens (including phenoxy) is 1. The molecule has 120 valence electrons. The fourth-order valence-corrected chi connectivity index (χ4v) is 2.08. The fourth-order valence-electron chi connectivity index (χ4n) is 2.08. The summed E-state index contributed by atoms with van der Waals surface area (Å²) in [7, 11) is 0. The highest BCUT2D eigenvalue weighted by Gasteiger charge is 2.11. The quantitative estimate of drug-likeness (QED) is 0.852. The van der Waals surface area contributed by atoms with Crippen LogP contribution in [0.4, 0.5) is 5.69 Å². The average molecular weight is 313 g/mol. The first kappa shape index (κ1) is 16.5. The molecule has 5 nitrogen and oxygen atoms in total. The van der Waals surface area contributed by atoms with Crippen molar-refractivity contribution in [1.82, 2.24) is 0 Å². The number of hydrogen-bond acceptors (Lipinski definition) is 3. The van der Waals surface area contributed by atoms with E-state index in [9.17, 15) is 9.59 Å². The Labute approximate surface area is 134 Å². The van der Waals surface area contributed by atoms with Crippen molar-refractivity contribution in [1.29, 1.82) is 0 Å². The summed E-state index contributed by atoms with van der Waals surface area (Å²) in [4.78, 5) is 23.3. The van der Waals surface area contributed by atoms with Crippen molar-refractivity contribution < 1.29 is 19.4 Å². The largest absolute Gasteiger partial charge is 0.494 e. The molecule has 5 heteroatoms. The van der Waals surface area contributed by atoms with E-state index in [1.165, 1.54) is 12.1 Å². The molecule has 2 rings (SSSR count). The van der Waals surface area contributed by atoms with Crippen molar-refractivity contribution >= 4 is 17.6 Å². The molecular weight excluding hydrogens is 294 g/mol. The summed E-state index contributed by atoms with van der Waals surface area (Å²) in [5.74, 6) is -0.609. The third-order valence-corrected chi connectivity index (χ3v) is 3.29. The van der Waals surface area contributed by atoms with E-state index in [2.05, 4.69) is 5.32 Å². The summed E-state index contributed by atoms with van der Waals surface area (Å²) in [5.41, 5.74) is 1.95. The Morgan fingerprint density at radius 2 is 1.91 bits per heavy atom. The lowest BCUT2D eigenvalue weighted by Crippen LogP contribution is -2.13. The summed E-state index contributed by atoms with van der Waals surface area (Å²) in [5, 5.41) is 11.7. The number of anilines is 1. The van der Waals surface area contributed by atoms with Gasteiger partial charge in [0.25, 0.3) is 5.91 Å². The van der Waals surface area contributed by atoms with Crippen molar-refractivity contribution in [2.24, 2.45) is 0 Å². The fraction of sp³-hybridized carbons (Fsp3) is 0.222. The summed E-state index contributed by atoms with van der Waals surface area (Å²) in [6, 6.07) is 11.5. The van der Waals surface area contributed by atoms with E-state index >= 15 is 0 Å². The molecule has 0 heterocycles. The van der Waals surface area contributed by atoms with Crippen molar-refractivity contribution in [2.75, 3.05) is 11.9 Å². The molecule has 0 bridgehead atoms. The van der Waals surface area contributed by atoms with Gasteiger partial charge in [-0.25, -0.2) is 4.79 Å². The first-order valence-electron chi connectivity index (χ1n) is 7.39. The van der Waals surface area contributed by atoms with Gasteiger partial charge in [-0.05, 0) is 55.3 Å². The zero-order chi connectivity index (χ0) is 16.8. The number of carboxylic acid groups (broad SMARTS) is 1. The van der Waals surface area contributed by atoms with Crippen molar-refractivity contribution in [2.45, 2.75) is 20.3 Å². The van der Waals surface area contributed by atoms with E-state index in [4.69, 9.17) is 9.84 Å². The molecule has 0 aliphatic heterocycles. The molecule has 0 aliphatic rings. The zero-order valence-corrected chi connectivity index (χ0v) is 13.1. The van der Waals surface area contributed by atoms with E-state index in [1.807, 2.05) is 6.92 Å². The smallest absolute Gasteiger partial charge is 0.335 e. The lowest BCUT2D eigenvalue weighted by molar-refractivity contribution is 0.0696. The SMILES string of the molecule is CCCOc1cccc(C(=O)Nc2ccc(C(=O)O)cc2C)c1. The molecule has 0 aromatic heterocycles. The number of carbonyl (C=O) groups is 2. The van der Waals surface area contributed by atoms with Crippen LogP contribution in [0.3, 0.4) is 0 Å². The topological polar surface area (TPSA) is 75.6 Å². The van der Waals surface area contributed by atoms with Crippen LogP contribution in [0.25, 0.3) is 0 Å². The van der Waals surface area contributed by atoms with Gasteiger partial charge in [0.15, 0.2) is 0 Å². The van der Waals surface area contributed by atoms with Gasteiger partial charge in [0.1, 0.15) is 5.75 Å². The van der Waals surface area contributed by atoms with Crippen LogP contribution in [0.15, 0.2) is 42.5 Å². The molecule has 0 unspecified atom stereocenters. The minimum Gasteiger partial charge on any atom is -0.494 e.